The Morgan fingerprint density at radius 3 is 2.80 bits per heavy atom. The third-order valence-electron chi connectivity index (χ3n) is 3.48. The number of hydrogen-bond acceptors (Lipinski definition) is 2. The van der Waals surface area contributed by atoms with Gasteiger partial charge in [0.05, 0.1) is 16.1 Å². The summed E-state index contributed by atoms with van der Waals surface area (Å²) in [6.07, 6.45) is 0. The zero-order chi connectivity index (χ0) is 14.3. The van der Waals surface area contributed by atoms with Gasteiger partial charge in [-0.15, -0.1) is 0 Å². The molecule has 0 radical (unpaired) electrons. The van der Waals surface area contributed by atoms with Crippen molar-refractivity contribution < 1.29 is 0 Å². The standard InChI is InChI=1S/C16H16ClN3/c1-3-20-15-12(17)5-4-6-14(15)19-16(20)11-9-10(2)7-8-13(11)18/h4-9H,3,18H2,1-2H3. The summed E-state index contributed by atoms with van der Waals surface area (Å²) in [4.78, 5) is 4.72. The fraction of sp³-hybridized carbons (Fsp3) is 0.188. The molecule has 0 saturated carbocycles. The molecule has 1 heterocycles. The second-order valence-electron chi connectivity index (χ2n) is 4.88. The van der Waals surface area contributed by atoms with E-state index in [9.17, 15) is 0 Å². The van der Waals surface area contributed by atoms with Gasteiger partial charge in [0, 0.05) is 17.8 Å². The SMILES string of the molecule is CCn1c(-c2cc(C)ccc2N)nc2cccc(Cl)c21. The summed E-state index contributed by atoms with van der Waals surface area (Å²) in [5.74, 6) is 0.872. The third-order valence-corrected chi connectivity index (χ3v) is 3.79. The summed E-state index contributed by atoms with van der Waals surface area (Å²) in [5.41, 5.74) is 10.8. The van der Waals surface area contributed by atoms with E-state index in [0.29, 0.717) is 5.02 Å². The number of para-hydroxylation sites is 1. The molecule has 0 aliphatic carbocycles. The van der Waals surface area contributed by atoms with Crippen LogP contribution >= 0.6 is 11.6 Å². The zero-order valence-electron chi connectivity index (χ0n) is 11.5. The molecule has 4 heteroatoms. The topological polar surface area (TPSA) is 43.8 Å². The highest BCUT2D eigenvalue weighted by Gasteiger charge is 2.15. The van der Waals surface area contributed by atoms with E-state index in [1.165, 1.54) is 0 Å². The first-order valence-electron chi connectivity index (χ1n) is 6.63. The molecule has 3 aromatic rings. The second kappa shape index (κ2) is 4.84. The summed E-state index contributed by atoms with van der Waals surface area (Å²) >= 11 is 6.32. The molecule has 20 heavy (non-hydrogen) atoms. The van der Waals surface area contributed by atoms with Crippen LogP contribution in [0.1, 0.15) is 12.5 Å². The maximum atomic E-state index is 6.32. The Hall–Kier alpha value is -2.00. The first-order valence-corrected chi connectivity index (χ1v) is 7.01. The predicted octanol–water partition coefficient (Wildman–Crippen LogP) is 4.27. The molecular weight excluding hydrogens is 270 g/mol. The molecule has 1 aromatic heterocycles. The van der Waals surface area contributed by atoms with Gasteiger partial charge >= 0.3 is 0 Å². The quantitative estimate of drug-likeness (QED) is 0.715. The van der Waals surface area contributed by atoms with Crippen molar-refractivity contribution in [2.24, 2.45) is 0 Å². The molecule has 0 fully saturated rings. The number of benzene rings is 2. The highest BCUT2D eigenvalue weighted by atomic mass is 35.5. The molecule has 0 saturated heterocycles. The number of hydrogen-bond donors (Lipinski definition) is 1. The van der Waals surface area contributed by atoms with Gasteiger partial charge in [-0.2, -0.15) is 0 Å². The number of nitrogen functional groups attached to an aromatic ring is 1. The predicted molar refractivity (Wildman–Crippen MR) is 85.0 cm³/mol. The Bertz CT molecular complexity index is 790. The molecule has 0 aliphatic heterocycles. The smallest absolute Gasteiger partial charge is 0.143 e. The number of imidazole rings is 1. The van der Waals surface area contributed by atoms with Crippen molar-refractivity contribution >= 4 is 28.3 Å². The molecule has 0 spiro atoms. The largest absolute Gasteiger partial charge is 0.398 e. The Labute approximate surface area is 123 Å². The number of aryl methyl sites for hydroxylation is 2. The van der Waals surface area contributed by atoms with Gasteiger partial charge in [0.1, 0.15) is 5.82 Å². The van der Waals surface area contributed by atoms with Crippen molar-refractivity contribution in [3.63, 3.8) is 0 Å². The Morgan fingerprint density at radius 2 is 2.05 bits per heavy atom. The van der Waals surface area contributed by atoms with E-state index >= 15 is 0 Å². The Balaban J connectivity index is 2.36. The van der Waals surface area contributed by atoms with Gasteiger partial charge in [-0.1, -0.05) is 29.3 Å². The molecule has 2 N–H and O–H groups in total. The molecule has 0 bridgehead atoms. The van der Waals surface area contributed by atoms with E-state index in [4.69, 9.17) is 22.3 Å². The van der Waals surface area contributed by atoms with Gasteiger partial charge in [0.15, 0.2) is 0 Å². The van der Waals surface area contributed by atoms with E-state index < -0.39 is 0 Å². The molecular formula is C16H16ClN3. The fourth-order valence-corrected chi connectivity index (χ4v) is 2.79. The van der Waals surface area contributed by atoms with E-state index in [-0.39, 0.29) is 0 Å². The van der Waals surface area contributed by atoms with E-state index in [1.54, 1.807) is 0 Å². The van der Waals surface area contributed by atoms with Crippen molar-refractivity contribution in [1.82, 2.24) is 9.55 Å². The summed E-state index contributed by atoms with van der Waals surface area (Å²) < 4.78 is 2.11. The summed E-state index contributed by atoms with van der Waals surface area (Å²) in [7, 11) is 0. The van der Waals surface area contributed by atoms with Gasteiger partial charge in [0.25, 0.3) is 0 Å². The Morgan fingerprint density at radius 1 is 1.25 bits per heavy atom. The molecule has 0 unspecified atom stereocenters. The van der Waals surface area contributed by atoms with Crippen LogP contribution in [0.3, 0.4) is 0 Å². The molecule has 0 aliphatic rings. The van der Waals surface area contributed by atoms with Gasteiger partial charge in [0.2, 0.25) is 0 Å². The minimum atomic E-state index is 0.717. The highest BCUT2D eigenvalue weighted by Crippen LogP contribution is 2.32. The molecule has 102 valence electrons. The Kier molecular flexibility index (Phi) is 3.14. The van der Waals surface area contributed by atoms with Crippen LogP contribution in [0.15, 0.2) is 36.4 Å². The second-order valence-corrected chi connectivity index (χ2v) is 5.29. The summed E-state index contributed by atoms with van der Waals surface area (Å²) in [6, 6.07) is 11.8. The lowest BCUT2D eigenvalue weighted by Crippen LogP contribution is -2.00. The van der Waals surface area contributed by atoms with E-state index in [2.05, 4.69) is 24.5 Å². The average molecular weight is 286 g/mol. The van der Waals surface area contributed by atoms with Crippen molar-refractivity contribution in [2.45, 2.75) is 20.4 Å². The van der Waals surface area contributed by atoms with Crippen molar-refractivity contribution in [1.29, 1.82) is 0 Å². The lowest BCUT2D eigenvalue weighted by Gasteiger charge is -2.10. The van der Waals surface area contributed by atoms with Crippen LogP contribution in [0, 0.1) is 6.92 Å². The number of nitrogens with two attached hydrogens (primary N) is 1. The summed E-state index contributed by atoms with van der Waals surface area (Å²) in [6.45, 7) is 4.93. The average Bonchev–Trinajstić information content (AvgIpc) is 2.81. The monoisotopic (exact) mass is 285 g/mol. The van der Waals surface area contributed by atoms with Crippen LogP contribution < -0.4 is 5.73 Å². The van der Waals surface area contributed by atoms with E-state index in [1.807, 2.05) is 30.3 Å². The van der Waals surface area contributed by atoms with Gasteiger partial charge in [-0.25, -0.2) is 4.98 Å². The molecule has 0 amide bonds. The van der Waals surface area contributed by atoms with Crippen LogP contribution in [-0.4, -0.2) is 9.55 Å². The molecule has 3 rings (SSSR count). The maximum Gasteiger partial charge on any atom is 0.143 e. The number of anilines is 1. The van der Waals surface area contributed by atoms with Gasteiger partial charge in [-0.3, -0.25) is 0 Å². The van der Waals surface area contributed by atoms with Crippen molar-refractivity contribution in [3.05, 3.63) is 47.0 Å². The molecule has 0 atom stereocenters. The minimum Gasteiger partial charge on any atom is -0.398 e. The lowest BCUT2D eigenvalue weighted by molar-refractivity contribution is 0.796. The van der Waals surface area contributed by atoms with Crippen molar-refractivity contribution in [2.75, 3.05) is 5.73 Å². The van der Waals surface area contributed by atoms with Crippen LogP contribution in [0.4, 0.5) is 5.69 Å². The van der Waals surface area contributed by atoms with Crippen LogP contribution in [0.5, 0.6) is 0 Å². The van der Waals surface area contributed by atoms with Crippen molar-refractivity contribution in [3.8, 4) is 11.4 Å². The first kappa shape index (κ1) is 13.0. The van der Waals surface area contributed by atoms with Gasteiger partial charge < -0.3 is 10.3 Å². The fourth-order valence-electron chi connectivity index (χ4n) is 2.52. The first-order chi connectivity index (χ1) is 9.61. The molecule has 3 nitrogen and oxygen atoms in total. The minimum absolute atomic E-state index is 0.717. The van der Waals surface area contributed by atoms with Crippen LogP contribution in [-0.2, 0) is 6.54 Å². The normalized spacial score (nSPS) is 11.2. The third kappa shape index (κ3) is 1.95. The van der Waals surface area contributed by atoms with E-state index in [0.717, 1.165) is 40.2 Å². The molecule has 2 aromatic carbocycles. The number of halogens is 1. The lowest BCUT2D eigenvalue weighted by atomic mass is 10.1. The van der Waals surface area contributed by atoms with Crippen LogP contribution in [0.2, 0.25) is 5.02 Å². The van der Waals surface area contributed by atoms with Crippen LogP contribution in [0.25, 0.3) is 22.4 Å². The number of fused-ring (bicyclic) bond motifs is 1. The van der Waals surface area contributed by atoms with Gasteiger partial charge in [-0.05, 0) is 38.1 Å². The maximum absolute atomic E-state index is 6.32. The highest BCUT2D eigenvalue weighted by molar-refractivity contribution is 6.35. The number of rotatable bonds is 2. The number of nitrogens with zero attached hydrogens (tertiary/aromatic N) is 2. The zero-order valence-corrected chi connectivity index (χ0v) is 12.3. The summed E-state index contributed by atoms with van der Waals surface area (Å²) in [5, 5.41) is 0.717. The number of aromatic nitrogens is 2.